The average molecular weight is 254 g/mol. The van der Waals surface area contributed by atoms with Crippen molar-refractivity contribution in [2.45, 2.75) is 32.2 Å². The van der Waals surface area contributed by atoms with E-state index < -0.39 is 0 Å². The maximum Gasteiger partial charge on any atom is 0.0434 e. The van der Waals surface area contributed by atoms with Crippen LogP contribution < -0.4 is 5.32 Å². The van der Waals surface area contributed by atoms with Gasteiger partial charge in [0, 0.05) is 17.7 Å². The van der Waals surface area contributed by atoms with Crippen LogP contribution in [0.25, 0.3) is 0 Å². The Balaban J connectivity index is 1.84. The van der Waals surface area contributed by atoms with Gasteiger partial charge in [-0.3, -0.25) is 0 Å². The molecule has 94 valence electrons. The Labute approximate surface area is 108 Å². The maximum absolute atomic E-state index is 8.86. The molecular weight excluding hydrogens is 234 g/mol. The predicted octanol–water partition coefficient (Wildman–Crippen LogP) is 2.42. The lowest BCUT2D eigenvalue weighted by Gasteiger charge is -2.16. The van der Waals surface area contributed by atoms with Gasteiger partial charge in [-0.05, 0) is 55.0 Å². The van der Waals surface area contributed by atoms with E-state index in [1.165, 1.54) is 11.1 Å². The third-order valence-electron chi connectivity index (χ3n) is 3.48. The SMILES string of the molecule is CC(CCO)CNC1Cc2ccc(Cl)cc2C1. The van der Waals surface area contributed by atoms with Gasteiger partial charge in [-0.25, -0.2) is 0 Å². The van der Waals surface area contributed by atoms with Crippen LogP contribution in [0.1, 0.15) is 24.5 Å². The first-order valence-electron chi connectivity index (χ1n) is 6.30. The minimum absolute atomic E-state index is 0.281. The molecular formula is C14H20ClNO. The first kappa shape index (κ1) is 12.9. The van der Waals surface area contributed by atoms with E-state index in [1.54, 1.807) is 0 Å². The topological polar surface area (TPSA) is 32.3 Å². The van der Waals surface area contributed by atoms with Gasteiger partial charge in [-0.1, -0.05) is 24.6 Å². The van der Waals surface area contributed by atoms with Crippen LogP contribution in [0.15, 0.2) is 18.2 Å². The summed E-state index contributed by atoms with van der Waals surface area (Å²) in [4.78, 5) is 0. The fourth-order valence-corrected chi connectivity index (χ4v) is 2.62. The van der Waals surface area contributed by atoms with Crippen molar-refractivity contribution < 1.29 is 5.11 Å². The summed E-state index contributed by atoms with van der Waals surface area (Å²) in [5.41, 5.74) is 2.80. The van der Waals surface area contributed by atoms with Crippen LogP contribution in [0.4, 0.5) is 0 Å². The molecule has 0 bridgehead atoms. The van der Waals surface area contributed by atoms with Crippen LogP contribution in [0.3, 0.4) is 0 Å². The molecule has 0 saturated carbocycles. The van der Waals surface area contributed by atoms with Crippen LogP contribution in [0.5, 0.6) is 0 Å². The molecule has 2 unspecified atom stereocenters. The summed E-state index contributed by atoms with van der Waals surface area (Å²) in [6, 6.07) is 6.72. The number of nitrogens with one attached hydrogen (secondary N) is 1. The Morgan fingerprint density at radius 1 is 1.41 bits per heavy atom. The van der Waals surface area contributed by atoms with Crippen LogP contribution in [0, 0.1) is 5.92 Å². The van der Waals surface area contributed by atoms with Crippen LogP contribution in [-0.4, -0.2) is 24.3 Å². The molecule has 0 saturated heterocycles. The first-order chi connectivity index (χ1) is 8.19. The number of hydrogen-bond acceptors (Lipinski definition) is 2. The van der Waals surface area contributed by atoms with Crippen molar-refractivity contribution in [2.24, 2.45) is 5.92 Å². The molecule has 2 N–H and O–H groups in total. The molecule has 1 aromatic rings. The van der Waals surface area contributed by atoms with E-state index in [2.05, 4.69) is 24.4 Å². The van der Waals surface area contributed by atoms with E-state index in [0.717, 1.165) is 30.8 Å². The van der Waals surface area contributed by atoms with Crippen molar-refractivity contribution in [1.29, 1.82) is 0 Å². The average Bonchev–Trinajstić information content (AvgIpc) is 2.68. The van der Waals surface area contributed by atoms with Gasteiger partial charge in [0.05, 0.1) is 0 Å². The third kappa shape index (κ3) is 3.44. The largest absolute Gasteiger partial charge is 0.396 e. The van der Waals surface area contributed by atoms with Crippen molar-refractivity contribution in [1.82, 2.24) is 5.32 Å². The number of aliphatic hydroxyl groups is 1. The van der Waals surface area contributed by atoms with E-state index in [-0.39, 0.29) is 6.61 Å². The predicted molar refractivity (Wildman–Crippen MR) is 71.5 cm³/mol. The fraction of sp³-hybridized carbons (Fsp3) is 0.571. The molecule has 1 aliphatic rings. The normalized spacial score (nSPS) is 20.3. The molecule has 3 heteroatoms. The molecule has 2 nitrogen and oxygen atoms in total. The van der Waals surface area contributed by atoms with Crippen molar-refractivity contribution in [2.75, 3.05) is 13.2 Å². The summed E-state index contributed by atoms with van der Waals surface area (Å²) in [7, 11) is 0. The minimum atomic E-state index is 0.281. The highest BCUT2D eigenvalue weighted by molar-refractivity contribution is 6.30. The van der Waals surface area contributed by atoms with Gasteiger partial charge in [0.1, 0.15) is 0 Å². The second-order valence-corrected chi connectivity index (χ2v) is 5.48. The summed E-state index contributed by atoms with van der Waals surface area (Å²) in [6.07, 6.45) is 3.04. The zero-order valence-electron chi connectivity index (χ0n) is 10.2. The number of hydrogen-bond donors (Lipinski definition) is 2. The second-order valence-electron chi connectivity index (χ2n) is 5.04. The third-order valence-corrected chi connectivity index (χ3v) is 3.71. The number of fused-ring (bicyclic) bond motifs is 1. The molecule has 0 fully saturated rings. The Morgan fingerprint density at radius 2 is 2.18 bits per heavy atom. The zero-order valence-corrected chi connectivity index (χ0v) is 11.0. The molecule has 0 aromatic heterocycles. The van der Waals surface area contributed by atoms with Crippen LogP contribution in [-0.2, 0) is 12.8 Å². The van der Waals surface area contributed by atoms with Gasteiger partial charge in [-0.15, -0.1) is 0 Å². The van der Waals surface area contributed by atoms with Crippen molar-refractivity contribution in [3.63, 3.8) is 0 Å². The van der Waals surface area contributed by atoms with Crippen LogP contribution in [0.2, 0.25) is 5.02 Å². The van der Waals surface area contributed by atoms with Gasteiger partial charge in [0.15, 0.2) is 0 Å². The van der Waals surface area contributed by atoms with E-state index in [0.29, 0.717) is 12.0 Å². The lowest BCUT2D eigenvalue weighted by Crippen LogP contribution is -2.33. The van der Waals surface area contributed by atoms with E-state index in [4.69, 9.17) is 16.7 Å². The molecule has 2 rings (SSSR count). The highest BCUT2D eigenvalue weighted by Crippen LogP contribution is 2.25. The molecule has 0 radical (unpaired) electrons. The van der Waals surface area contributed by atoms with Crippen molar-refractivity contribution >= 4 is 11.6 Å². The Bertz CT molecular complexity index is 380. The molecule has 1 aliphatic carbocycles. The number of rotatable bonds is 5. The zero-order chi connectivity index (χ0) is 12.3. The number of aliphatic hydroxyl groups excluding tert-OH is 1. The quantitative estimate of drug-likeness (QED) is 0.845. The van der Waals surface area contributed by atoms with Gasteiger partial charge in [0.25, 0.3) is 0 Å². The monoisotopic (exact) mass is 253 g/mol. The first-order valence-corrected chi connectivity index (χ1v) is 6.68. The van der Waals surface area contributed by atoms with E-state index in [1.807, 2.05) is 6.07 Å². The van der Waals surface area contributed by atoms with Gasteiger partial charge < -0.3 is 10.4 Å². The highest BCUT2D eigenvalue weighted by Gasteiger charge is 2.21. The Kier molecular flexibility index (Phi) is 4.43. The summed E-state index contributed by atoms with van der Waals surface area (Å²) in [5, 5.41) is 13.3. The Morgan fingerprint density at radius 3 is 2.94 bits per heavy atom. The smallest absolute Gasteiger partial charge is 0.0434 e. The van der Waals surface area contributed by atoms with Gasteiger partial charge in [0.2, 0.25) is 0 Å². The summed E-state index contributed by atoms with van der Waals surface area (Å²) in [5.74, 6) is 0.535. The molecule has 0 spiro atoms. The van der Waals surface area contributed by atoms with E-state index in [9.17, 15) is 0 Å². The molecule has 2 atom stereocenters. The minimum Gasteiger partial charge on any atom is -0.396 e. The fourth-order valence-electron chi connectivity index (χ4n) is 2.42. The van der Waals surface area contributed by atoms with Crippen LogP contribution >= 0.6 is 11.6 Å². The standard InChI is InChI=1S/C14H20ClNO/c1-10(4-5-17)9-16-14-7-11-2-3-13(15)6-12(11)8-14/h2-3,6,10,14,16-17H,4-5,7-9H2,1H3. The van der Waals surface area contributed by atoms with Gasteiger partial charge in [-0.2, -0.15) is 0 Å². The van der Waals surface area contributed by atoms with Gasteiger partial charge >= 0.3 is 0 Å². The summed E-state index contributed by atoms with van der Waals surface area (Å²) < 4.78 is 0. The molecule has 0 amide bonds. The maximum atomic E-state index is 8.86. The summed E-state index contributed by atoms with van der Waals surface area (Å²) in [6.45, 7) is 3.43. The molecule has 0 heterocycles. The highest BCUT2D eigenvalue weighted by atomic mass is 35.5. The molecule has 0 aliphatic heterocycles. The molecule has 1 aromatic carbocycles. The Hall–Kier alpha value is -0.570. The lowest BCUT2D eigenvalue weighted by molar-refractivity contribution is 0.258. The van der Waals surface area contributed by atoms with E-state index >= 15 is 0 Å². The number of benzene rings is 1. The number of halogens is 1. The second kappa shape index (κ2) is 5.85. The van der Waals surface area contributed by atoms with Crippen molar-refractivity contribution in [3.05, 3.63) is 34.3 Å². The molecule has 17 heavy (non-hydrogen) atoms. The lowest BCUT2D eigenvalue weighted by atomic mass is 10.1. The summed E-state index contributed by atoms with van der Waals surface area (Å²) >= 11 is 5.99. The van der Waals surface area contributed by atoms with Crippen molar-refractivity contribution in [3.8, 4) is 0 Å².